The number of hydrogen-bond acceptors (Lipinski definition) is 4. The Morgan fingerprint density at radius 1 is 0.688 bits per heavy atom. The van der Waals surface area contributed by atoms with Gasteiger partial charge in [0.15, 0.2) is 0 Å². The summed E-state index contributed by atoms with van der Waals surface area (Å²) >= 11 is 0. The van der Waals surface area contributed by atoms with Gasteiger partial charge < -0.3 is 30.7 Å². The van der Waals surface area contributed by atoms with E-state index >= 15 is 0 Å². The molecule has 0 aromatic carbocycles. The summed E-state index contributed by atoms with van der Waals surface area (Å²) in [7, 11) is 0. The molecule has 0 aliphatic heterocycles. The van der Waals surface area contributed by atoms with E-state index in [-0.39, 0.29) is 33.8 Å². The zero-order valence-electron chi connectivity index (χ0n) is 8.10. The van der Waals surface area contributed by atoms with Crippen molar-refractivity contribution in [3.05, 3.63) is 36.8 Å². The van der Waals surface area contributed by atoms with Crippen LogP contribution < -0.4 is 9.78 Å². The Kier molecular flexibility index (Phi) is 11.7. The minimum absolute atomic E-state index is 0. The minimum atomic E-state index is 0. The molecule has 8 heteroatoms. The molecule has 2 rings (SSSR count). The van der Waals surface area contributed by atoms with Crippen molar-refractivity contribution >= 4 is 0 Å². The second-order valence-electron chi connectivity index (χ2n) is 2.03. The molecule has 0 saturated heterocycles. The summed E-state index contributed by atoms with van der Waals surface area (Å²) in [6.07, 6.45) is 2.97. The molecule has 0 radical (unpaired) electrons. The van der Waals surface area contributed by atoms with E-state index in [2.05, 4.69) is 0 Å². The molecule has 8 N–H and O–H groups in total. The van der Waals surface area contributed by atoms with Gasteiger partial charge in [-0.2, -0.15) is 0 Å². The van der Waals surface area contributed by atoms with Crippen molar-refractivity contribution in [2.75, 3.05) is 0 Å². The second kappa shape index (κ2) is 9.55. The molecule has 2 aromatic heterocycles. The molecule has 0 amide bonds. The summed E-state index contributed by atoms with van der Waals surface area (Å²) in [5, 5.41) is 0. The molecule has 0 saturated carbocycles. The molecular weight excluding hydrogens is 224 g/mol. The van der Waals surface area contributed by atoms with Crippen molar-refractivity contribution in [2.24, 2.45) is 0 Å². The molecule has 0 aliphatic carbocycles. The lowest BCUT2D eigenvalue weighted by atomic mass is 10.7. The van der Waals surface area contributed by atoms with Crippen LogP contribution in [0.25, 0.3) is 0 Å². The number of hydrogen-bond donors (Lipinski definition) is 0. The quantitative estimate of drug-likeness (QED) is 0.490. The highest BCUT2D eigenvalue weighted by Gasteiger charge is 2.00. The van der Waals surface area contributed by atoms with E-state index in [1.54, 1.807) is 24.3 Å². The van der Waals surface area contributed by atoms with E-state index in [1.165, 1.54) is 12.5 Å². The summed E-state index contributed by atoms with van der Waals surface area (Å²) in [4.78, 5) is 9.46. The van der Waals surface area contributed by atoms with Gasteiger partial charge in [-0.25, -0.2) is 9.78 Å². The van der Waals surface area contributed by atoms with Crippen molar-refractivity contribution < 1.29 is 40.5 Å². The number of furan rings is 2. The third-order valence-corrected chi connectivity index (χ3v) is 1.20. The van der Waals surface area contributed by atoms with Crippen LogP contribution >= 0.6 is 0 Å². The van der Waals surface area contributed by atoms with Crippen LogP contribution in [0, 0.1) is 0 Å². The van der Waals surface area contributed by atoms with E-state index in [0.717, 1.165) is 0 Å². The second-order valence-corrected chi connectivity index (χ2v) is 2.03. The van der Waals surface area contributed by atoms with Crippen LogP contribution in [0.5, 0.6) is 11.9 Å². The Labute approximate surface area is 90.2 Å². The maximum Gasteiger partial charge on any atom is 0.335 e. The molecule has 2 heterocycles. The highest BCUT2D eigenvalue weighted by Crippen LogP contribution is 2.14. The van der Waals surface area contributed by atoms with Gasteiger partial charge in [-0.1, -0.05) is 0 Å². The van der Waals surface area contributed by atoms with Crippen molar-refractivity contribution in [2.45, 2.75) is 0 Å². The number of rotatable bonds is 3. The lowest BCUT2D eigenvalue weighted by molar-refractivity contribution is -0.135. The molecule has 0 unspecified atom stereocenters. The minimum Gasteiger partial charge on any atom is -0.431 e. The Balaban J connectivity index is -0.000000422. The molecule has 2 aromatic rings. The smallest absolute Gasteiger partial charge is 0.335 e. The van der Waals surface area contributed by atoms with Gasteiger partial charge in [0.1, 0.15) is 0 Å². The lowest BCUT2D eigenvalue weighted by Gasteiger charge is -1.96. The summed E-state index contributed by atoms with van der Waals surface area (Å²) < 4.78 is 9.69. The molecule has 8 nitrogen and oxygen atoms in total. The Bertz CT molecular complexity index is 279. The van der Waals surface area contributed by atoms with Crippen molar-refractivity contribution in [3.8, 4) is 11.9 Å². The van der Waals surface area contributed by atoms with Gasteiger partial charge >= 0.3 is 11.9 Å². The van der Waals surface area contributed by atoms with Gasteiger partial charge in [-0.05, 0) is 12.1 Å². The zero-order valence-corrected chi connectivity index (χ0v) is 8.10. The fourth-order valence-corrected chi connectivity index (χ4v) is 0.704. The van der Waals surface area contributed by atoms with Crippen LogP contribution in [0.4, 0.5) is 0 Å². The van der Waals surface area contributed by atoms with Crippen LogP contribution in [0.15, 0.2) is 45.6 Å². The normalized spacial score (nSPS) is 7.25. The van der Waals surface area contributed by atoms with Crippen LogP contribution in [0.1, 0.15) is 0 Å². The molecule has 0 atom stereocenters. The topological polar surface area (TPSA) is 171 Å². The van der Waals surface area contributed by atoms with E-state index in [1.807, 2.05) is 0 Å². The Morgan fingerprint density at radius 3 is 1.31 bits per heavy atom. The monoisotopic (exact) mass is 238 g/mol. The van der Waals surface area contributed by atoms with E-state index in [9.17, 15) is 0 Å². The van der Waals surface area contributed by atoms with Gasteiger partial charge in [0.2, 0.25) is 0 Å². The summed E-state index contributed by atoms with van der Waals surface area (Å²) in [6.45, 7) is 0. The van der Waals surface area contributed by atoms with Gasteiger partial charge in [0, 0.05) is 12.1 Å². The third-order valence-electron chi connectivity index (χ3n) is 1.20. The highest BCUT2D eigenvalue weighted by molar-refractivity contribution is 5.06. The maximum absolute atomic E-state index is 4.84. The van der Waals surface area contributed by atoms with Gasteiger partial charge in [0.05, 0.1) is 12.5 Å². The Morgan fingerprint density at radius 2 is 1.06 bits per heavy atom. The van der Waals surface area contributed by atoms with E-state index in [4.69, 9.17) is 18.6 Å². The maximum atomic E-state index is 4.84. The largest absolute Gasteiger partial charge is 0.431 e. The standard InChI is InChI=1S/C8H6O4.4H2O/c1-3-7(9-5-1)11-12-8-4-2-6-10-8;;;;/h1-6H;4*1H2. The molecule has 0 aliphatic rings. The average molecular weight is 238 g/mol. The SMILES string of the molecule is O.O.O.O.c1coc(OOc2ccco2)c1. The van der Waals surface area contributed by atoms with Crippen molar-refractivity contribution in [1.82, 2.24) is 0 Å². The summed E-state index contributed by atoms with van der Waals surface area (Å²) in [5.41, 5.74) is 0. The first-order valence-corrected chi connectivity index (χ1v) is 3.37. The fraction of sp³-hybridized carbons (Fsp3) is 0. The highest BCUT2D eigenvalue weighted by atomic mass is 17.2. The van der Waals surface area contributed by atoms with Crippen molar-refractivity contribution in [1.29, 1.82) is 0 Å². The van der Waals surface area contributed by atoms with Crippen molar-refractivity contribution in [3.63, 3.8) is 0 Å². The van der Waals surface area contributed by atoms with Crippen LogP contribution in [-0.2, 0) is 0 Å². The molecule has 0 spiro atoms. The first kappa shape index (κ1) is 19.6. The first-order valence-electron chi connectivity index (χ1n) is 3.37. The Hall–Kier alpha value is -2.00. The van der Waals surface area contributed by atoms with Gasteiger partial charge in [-0.15, -0.1) is 0 Å². The first-order chi connectivity index (χ1) is 5.95. The predicted molar refractivity (Wildman–Crippen MR) is 53.1 cm³/mol. The van der Waals surface area contributed by atoms with E-state index in [0.29, 0.717) is 0 Å². The van der Waals surface area contributed by atoms with E-state index < -0.39 is 0 Å². The lowest BCUT2D eigenvalue weighted by Crippen LogP contribution is -1.97. The van der Waals surface area contributed by atoms with Gasteiger partial charge in [0.25, 0.3) is 0 Å². The molecule has 94 valence electrons. The molecular formula is C8H14O8. The molecule has 16 heavy (non-hydrogen) atoms. The van der Waals surface area contributed by atoms with Crippen LogP contribution in [0.3, 0.4) is 0 Å². The van der Waals surface area contributed by atoms with Gasteiger partial charge in [-0.3, -0.25) is 0 Å². The molecule has 0 bridgehead atoms. The molecule has 0 fully saturated rings. The summed E-state index contributed by atoms with van der Waals surface area (Å²) in [5.74, 6) is 0.567. The van der Waals surface area contributed by atoms with Crippen LogP contribution in [-0.4, -0.2) is 21.9 Å². The third kappa shape index (κ3) is 5.02. The summed E-state index contributed by atoms with van der Waals surface area (Å²) in [6, 6.07) is 6.65. The predicted octanol–water partition coefficient (Wildman–Crippen LogP) is -1.05. The fourth-order valence-electron chi connectivity index (χ4n) is 0.704. The van der Waals surface area contributed by atoms with Crippen LogP contribution in [0.2, 0.25) is 0 Å². The zero-order chi connectivity index (χ0) is 8.23. The average Bonchev–Trinajstić information content (AvgIpc) is 2.74.